The van der Waals surface area contributed by atoms with Crippen LogP contribution in [0.5, 0.6) is 0 Å². The normalized spacial score (nSPS) is 11.2. The predicted octanol–water partition coefficient (Wildman–Crippen LogP) is 3.43. The molecule has 2 N–H and O–H groups in total. The molecule has 0 radical (unpaired) electrons. The number of hydrogen-bond donors (Lipinski definition) is 1. The summed E-state index contributed by atoms with van der Waals surface area (Å²) in [6, 6.07) is 11.5. The molecule has 0 aliphatic carbocycles. The lowest BCUT2D eigenvalue weighted by molar-refractivity contribution is 0.609. The van der Waals surface area contributed by atoms with Crippen molar-refractivity contribution in [3.63, 3.8) is 0 Å². The Bertz CT molecular complexity index is 762. The molecule has 20 heavy (non-hydrogen) atoms. The number of nitrogens with two attached hydrogens (primary N) is 1. The zero-order chi connectivity index (χ0) is 14.1. The van der Waals surface area contributed by atoms with Gasteiger partial charge in [0, 0.05) is 24.8 Å². The topological polar surface area (TPSA) is 30.9 Å². The highest BCUT2D eigenvalue weighted by molar-refractivity contribution is 5.80. The van der Waals surface area contributed by atoms with Crippen molar-refractivity contribution >= 4 is 10.9 Å². The molecule has 1 aromatic heterocycles. The SMILES string of the molecule is NCc1cc(Cn2ccc3ccc(F)cc32)ccc1F. The minimum Gasteiger partial charge on any atom is -0.343 e. The fourth-order valence-electron chi connectivity index (χ4n) is 2.37. The molecule has 0 amide bonds. The molecule has 1 heterocycles. The van der Waals surface area contributed by atoms with Crippen LogP contribution in [0.15, 0.2) is 48.7 Å². The first-order valence-electron chi connectivity index (χ1n) is 6.39. The van der Waals surface area contributed by atoms with Crippen molar-refractivity contribution in [3.05, 3.63) is 71.4 Å². The van der Waals surface area contributed by atoms with Crippen LogP contribution in [0.2, 0.25) is 0 Å². The fraction of sp³-hybridized carbons (Fsp3) is 0.125. The van der Waals surface area contributed by atoms with E-state index in [1.54, 1.807) is 18.2 Å². The molecule has 0 bridgehead atoms. The first kappa shape index (κ1) is 12.8. The van der Waals surface area contributed by atoms with Crippen LogP contribution in [0.25, 0.3) is 10.9 Å². The van der Waals surface area contributed by atoms with Gasteiger partial charge in [-0.1, -0.05) is 6.07 Å². The summed E-state index contributed by atoms with van der Waals surface area (Å²) < 4.78 is 28.7. The van der Waals surface area contributed by atoms with Gasteiger partial charge >= 0.3 is 0 Å². The second-order valence-electron chi connectivity index (χ2n) is 4.78. The van der Waals surface area contributed by atoms with Gasteiger partial charge in [-0.3, -0.25) is 0 Å². The molecule has 0 saturated carbocycles. The Morgan fingerprint density at radius 3 is 2.65 bits per heavy atom. The number of halogens is 2. The molecular formula is C16H14F2N2. The van der Waals surface area contributed by atoms with Crippen molar-refractivity contribution in [2.45, 2.75) is 13.1 Å². The van der Waals surface area contributed by atoms with E-state index in [1.807, 2.05) is 16.8 Å². The molecule has 0 spiro atoms. The summed E-state index contributed by atoms with van der Waals surface area (Å²) in [6.07, 6.45) is 1.90. The predicted molar refractivity (Wildman–Crippen MR) is 75.3 cm³/mol. The quantitative estimate of drug-likeness (QED) is 0.778. The number of rotatable bonds is 3. The third-order valence-electron chi connectivity index (χ3n) is 3.42. The lowest BCUT2D eigenvalue weighted by Crippen LogP contribution is -2.03. The van der Waals surface area contributed by atoms with Gasteiger partial charge in [0.25, 0.3) is 0 Å². The first-order chi connectivity index (χ1) is 9.67. The van der Waals surface area contributed by atoms with Crippen molar-refractivity contribution in [3.8, 4) is 0 Å². The van der Waals surface area contributed by atoms with Crippen molar-refractivity contribution < 1.29 is 8.78 Å². The number of benzene rings is 2. The zero-order valence-corrected chi connectivity index (χ0v) is 10.8. The van der Waals surface area contributed by atoms with E-state index in [2.05, 4.69) is 0 Å². The minimum absolute atomic E-state index is 0.167. The van der Waals surface area contributed by atoms with Crippen LogP contribution in [-0.4, -0.2) is 4.57 Å². The first-order valence-corrected chi connectivity index (χ1v) is 6.39. The molecule has 0 fully saturated rings. The largest absolute Gasteiger partial charge is 0.343 e. The molecule has 2 nitrogen and oxygen atoms in total. The Balaban J connectivity index is 1.99. The van der Waals surface area contributed by atoms with Crippen molar-refractivity contribution in [2.75, 3.05) is 0 Å². The highest BCUT2D eigenvalue weighted by Crippen LogP contribution is 2.19. The van der Waals surface area contributed by atoms with Crippen molar-refractivity contribution in [2.24, 2.45) is 5.73 Å². The summed E-state index contributed by atoms with van der Waals surface area (Å²) in [5.41, 5.74) is 7.76. The van der Waals surface area contributed by atoms with Gasteiger partial charge in [0.05, 0.1) is 5.52 Å². The molecule has 102 valence electrons. The van der Waals surface area contributed by atoms with Gasteiger partial charge in [-0.05, 0) is 47.3 Å². The Morgan fingerprint density at radius 2 is 1.85 bits per heavy atom. The number of nitrogens with zero attached hydrogens (tertiary/aromatic N) is 1. The van der Waals surface area contributed by atoms with Gasteiger partial charge in [-0.25, -0.2) is 8.78 Å². The van der Waals surface area contributed by atoms with Crippen LogP contribution in [-0.2, 0) is 13.1 Å². The van der Waals surface area contributed by atoms with Crippen molar-refractivity contribution in [1.82, 2.24) is 4.57 Å². The highest BCUT2D eigenvalue weighted by Gasteiger charge is 2.06. The van der Waals surface area contributed by atoms with Crippen LogP contribution in [0.3, 0.4) is 0 Å². The minimum atomic E-state index is -0.292. The van der Waals surface area contributed by atoms with Crippen molar-refractivity contribution in [1.29, 1.82) is 0 Å². The Labute approximate surface area is 115 Å². The molecular weight excluding hydrogens is 258 g/mol. The van der Waals surface area contributed by atoms with E-state index in [-0.39, 0.29) is 18.2 Å². The second kappa shape index (κ2) is 5.06. The Morgan fingerprint density at radius 1 is 1.00 bits per heavy atom. The Hall–Kier alpha value is -2.20. The third-order valence-corrected chi connectivity index (χ3v) is 3.42. The van der Waals surface area contributed by atoms with Crippen LogP contribution in [0, 0.1) is 11.6 Å². The second-order valence-corrected chi connectivity index (χ2v) is 4.78. The molecule has 0 atom stereocenters. The third kappa shape index (κ3) is 2.30. The van der Waals surface area contributed by atoms with E-state index in [0.717, 1.165) is 16.5 Å². The molecule has 3 rings (SSSR count). The summed E-state index contributed by atoms with van der Waals surface area (Å²) >= 11 is 0. The molecule has 0 saturated heterocycles. The van der Waals surface area contributed by atoms with Gasteiger partial charge in [0.2, 0.25) is 0 Å². The summed E-state index contributed by atoms with van der Waals surface area (Å²) in [7, 11) is 0. The maximum Gasteiger partial charge on any atom is 0.127 e. The Kier molecular flexibility index (Phi) is 3.24. The number of aromatic nitrogens is 1. The monoisotopic (exact) mass is 272 g/mol. The standard InChI is InChI=1S/C16H14F2N2/c17-14-3-2-12-5-6-20(16(12)8-14)10-11-1-4-15(18)13(7-11)9-19/h1-8H,9-10,19H2. The van der Waals surface area contributed by atoms with Crippen LogP contribution >= 0.6 is 0 Å². The summed E-state index contributed by atoms with van der Waals surface area (Å²) in [4.78, 5) is 0. The maximum absolute atomic E-state index is 13.4. The van der Waals surface area contributed by atoms with Crippen LogP contribution in [0.4, 0.5) is 8.78 Å². The molecule has 0 aliphatic rings. The van der Waals surface area contributed by atoms with E-state index in [9.17, 15) is 8.78 Å². The average Bonchev–Trinajstić information content (AvgIpc) is 2.83. The fourth-order valence-corrected chi connectivity index (χ4v) is 2.37. The van der Waals surface area contributed by atoms with Gasteiger partial charge < -0.3 is 10.3 Å². The summed E-state index contributed by atoms with van der Waals surface area (Å²) in [6.45, 7) is 0.723. The van der Waals surface area contributed by atoms with E-state index in [4.69, 9.17) is 5.73 Å². The number of hydrogen-bond acceptors (Lipinski definition) is 1. The van der Waals surface area contributed by atoms with E-state index >= 15 is 0 Å². The van der Waals surface area contributed by atoms with Gasteiger partial charge in [0.1, 0.15) is 11.6 Å². The lowest BCUT2D eigenvalue weighted by atomic mass is 10.1. The molecule has 0 unspecified atom stereocenters. The van der Waals surface area contributed by atoms with E-state index < -0.39 is 0 Å². The van der Waals surface area contributed by atoms with Gasteiger partial charge in [0.15, 0.2) is 0 Å². The van der Waals surface area contributed by atoms with Crippen LogP contribution < -0.4 is 5.73 Å². The summed E-state index contributed by atoms with van der Waals surface area (Å²) in [5.74, 6) is -0.557. The molecule has 4 heteroatoms. The smallest absolute Gasteiger partial charge is 0.127 e. The molecule has 3 aromatic rings. The zero-order valence-electron chi connectivity index (χ0n) is 10.8. The summed E-state index contributed by atoms with van der Waals surface area (Å²) in [5, 5.41) is 0.979. The van der Waals surface area contributed by atoms with E-state index in [1.165, 1.54) is 18.2 Å². The molecule has 0 aliphatic heterocycles. The number of fused-ring (bicyclic) bond motifs is 1. The van der Waals surface area contributed by atoms with E-state index in [0.29, 0.717) is 12.1 Å². The van der Waals surface area contributed by atoms with Crippen LogP contribution in [0.1, 0.15) is 11.1 Å². The highest BCUT2D eigenvalue weighted by atomic mass is 19.1. The van der Waals surface area contributed by atoms with Gasteiger partial charge in [-0.15, -0.1) is 0 Å². The average molecular weight is 272 g/mol. The lowest BCUT2D eigenvalue weighted by Gasteiger charge is -2.08. The molecule has 2 aromatic carbocycles. The maximum atomic E-state index is 13.4. The van der Waals surface area contributed by atoms with Gasteiger partial charge in [-0.2, -0.15) is 0 Å².